The highest BCUT2D eigenvalue weighted by Gasteiger charge is 2.44. The standard InChI is InChI=1S/C28H15O6/c29-26-22(16-10-4-1-7-13-19(16)32-26)25(23-17-11-5-2-8-14-20(17)33-27(23)30)24-18-12-6-3-9-15-21(18)34-28(24)31/h1-15H/q+1. The summed E-state index contributed by atoms with van der Waals surface area (Å²) in [7, 11) is 0. The van der Waals surface area contributed by atoms with Crippen molar-refractivity contribution in [1.29, 1.82) is 0 Å². The van der Waals surface area contributed by atoms with Gasteiger partial charge in [-0.2, -0.15) is 0 Å². The van der Waals surface area contributed by atoms with Gasteiger partial charge >= 0.3 is 17.2 Å². The Labute approximate surface area is 192 Å². The molecule has 0 spiro atoms. The maximum atomic E-state index is 13.2. The van der Waals surface area contributed by atoms with Crippen LogP contribution in [-0.2, 0) is 9.22 Å². The van der Waals surface area contributed by atoms with Crippen molar-refractivity contribution in [2.24, 2.45) is 0 Å². The second-order valence-electron chi connectivity index (χ2n) is 7.73. The number of hydrogen-bond acceptors (Lipinski definition) is 5. The first-order valence-corrected chi connectivity index (χ1v) is 10.6. The average Bonchev–Trinajstić information content (AvgIpc) is 3.14. The largest absolute Gasteiger partial charge is 0.615 e. The van der Waals surface area contributed by atoms with Gasteiger partial charge in [0.2, 0.25) is 0 Å². The van der Waals surface area contributed by atoms with Gasteiger partial charge in [-0.1, -0.05) is 66.8 Å². The van der Waals surface area contributed by atoms with E-state index in [1.54, 1.807) is 91.0 Å². The van der Waals surface area contributed by atoms with Gasteiger partial charge in [0.1, 0.15) is 11.5 Å². The fourth-order valence-corrected chi connectivity index (χ4v) is 4.35. The van der Waals surface area contributed by atoms with E-state index in [0.717, 1.165) is 0 Å². The molecule has 162 valence electrons. The minimum Gasteiger partial charge on any atom is -0.422 e. The van der Waals surface area contributed by atoms with Crippen LogP contribution >= 0.6 is 0 Å². The molecule has 0 aromatic carbocycles. The average molecular weight is 447 g/mol. The lowest BCUT2D eigenvalue weighted by molar-refractivity contribution is -0.366. The Morgan fingerprint density at radius 1 is 0.676 bits per heavy atom. The molecule has 0 saturated heterocycles. The van der Waals surface area contributed by atoms with E-state index in [9.17, 15) is 14.4 Å². The summed E-state index contributed by atoms with van der Waals surface area (Å²) in [6.45, 7) is 0. The van der Waals surface area contributed by atoms with Crippen molar-refractivity contribution in [2.75, 3.05) is 0 Å². The van der Waals surface area contributed by atoms with Gasteiger partial charge in [-0.05, 0) is 18.2 Å². The van der Waals surface area contributed by atoms with Crippen molar-refractivity contribution in [3.8, 4) is 22.6 Å². The SMILES string of the molecule is O=C1[O+]=C2C=CC=CC=C2C1=C(c1c2cccccc-2oc1=O)c1c2cccccc-2oc1=O. The maximum Gasteiger partial charge on any atom is 0.615 e. The first-order chi connectivity index (χ1) is 16.6. The summed E-state index contributed by atoms with van der Waals surface area (Å²) in [5, 5.41) is 0. The van der Waals surface area contributed by atoms with E-state index in [0.29, 0.717) is 34.0 Å². The van der Waals surface area contributed by atoms with Crippen LogP contribution in [0.15, 0.2) is 121 Å². The number of hydrogen-bond donors (Lipinski definition) is 0. The molecule has 3 heterocycles. The van der Waals surface area contributed by atoms with Crippen molar-refractivity contribution in [3.63, 3.8) is 0 Å². The number of allylic oxidation sites excluding steroid dienone is 5. The molecule has 6 aliphatic rings. The molecule has 0 atom stereocenters. The van der Waals surface area contributed by atoms with Gasteiger partial charge in [0.15, 0.2) is 5.57 Å². The first-order valence-electron chi connectivity index (χ1n) is 10.6. The van der Waals surface area contributed by atoms with Gasteiger partial charge in [0.25, 0.3) is 5.78 Å². The molecule has 0 saturated carbocycles. The van der Waals surface area contributed by atoms with E-state index in [1.807, 2.05) is 0 Å². The molecule has 3 aliphatic carbocycles. The van der Waals surface area contributed by atoms with E-state index >= 15 is 0 Å². The first kappa shape index (κ1) is 19.8. The predicted molar refractivity (Wildman–Crippen MR) is 126 cm³/mol. The molecule has 3 aliphatic heterocycles. The highest BCUT2D eigenvalue weighted by Crippen LogP contribution is 2.41. The molecule has 0 radical (unpaired) electrons. The van der Waals surface area contributed by atoms with Crippen LogP contribution in [-0.4, -0.2) is 11.8 Å². The van der Waals surface area contributed by atoms with Crippen LogP contribution in [0.1, 0.15) is 11.1 Å². The molecule has 0 fully saturated rings. The van der Waals surface area contributed by atoms with Gasteiger partial charge < -0.3 is 8.83 Å². The van der Waals surface area contributed by atoms with E-state index in [4.69, 9.17) is 13.3 Å². The summed E-state index contributed by atoms with van der Waals surface area (Å²) in [5.74, 6) is 0.330. The Morgan fingerprint density at radius 2 is 1.26 bits per heavy atom. The van der Waals surface area contributed by atoms with E-state index in [1.165, 1.54) is 0 Å². The van der Waals surface area contributed by atoms with E-state index in [-0.39, 0.29) is 22.3 Å². The normalized spacial score (nSPS) is 14.8. The van der Waals surface area contributed by atoms with Crippen LogP contribution in [0.4, 0.5) is 0 Å². The second kappa shape index (κ2) is 7.64. The topological polar surface area (TPSA) is 88.8 Å². The zero-order valence-corrected chi connectivity index (χ0v) is 17.6. The van der Waals surface area contributed by atoms with Crippen molar-refractivity contribution in [1.82, 2.24) is 0 Å². The van der Waals surface area contributed by atoms with E-state index in [2.05, 4.69) is 0 Å². The fraction of sp³-hybridized carbons (Fsp3) is 0. The quantitative estimate of drug-likeness (QED) is 0.338. The molecule has 34 heavy (non-hydrogen) atoms. The lowest BCUT2D eigenvalue weighted by atomic mass is 9.86. The molecular formula is C28H15O6+. The summed E-state index contributed by atoms with van der Waals surface area (Å²) in [4.78, 5) is 39.7. The third-order valence-corrected chi connectivity index (χ3v) is 5.77. The zero-order valence-electron chi connectivity index (χ0n) is 17.6. The molecule has 0 aromatic heterocycles. The summed E-state index contributed by atoms with van der Waals surface area (Å²) in [5.41, 5.74) is 0.490. The molecule has 0 unspecified atom stereocenters. The molecule has 6 nitrogen and oxygen atoms in total. The maximum absolute atomic E-state index is 13.2. The summed E-state index contributed by atoms with van der Waals surface area (Å²) in [6.07, 6.45) is 8.68. The third-order valence-electron chi connectivity index (χ3n) is 5.77. The molecule has 0 bridgehead atoms. The Hall–Kier alpha value is -4.84. The lowest BCUT2D eigenvalue weighted by Gasteiger charge is -2.07. The van der Waals surface area contributed by atoms with Crippen molar-refractivity contribution in [3.05, 3.63) is 134 Å². The minimum absolute atomic E-state index is 0.101. The monoisotopic (exact) mass is 447 g/mol. The number of rotatable bonds is 2. The minimum atomic E-state index is -0.667. The predicted octanol–water partition coefficient (Wildman–Crippen LogP) is 4.30. The van der Waals surface area contributed by atoms with Crippen LogP contribution in [0, 0.1) is 0 Å². The summed E-state index contributed by atoms with van der Waals surface area (Å²) in [6, 6.07) is 17.4. The molecule has 6 heteroatoms. The van der Waals surface area contributed by atoms with Crippen molar-refractivity contribution >= 4 is 17.3 Å². The summed E-state index contributed by atoms with van der Waals surface area (Å²) >= 11 is 0. The highest BCUT2D eigenvalue weighted by atomic mass is 16.5. The van der Waals surface area contributed by atoms with Gasteiger partial charge in [-0.3, -0.25) is 4.42 Å². The van der Waals surface area contributed by atoms with Gasteiger partial charge in [-0.15, -0.1) is 0 Å². The Kier molecular flexibility index (Phi) is 4.45. The number of furan rings is 2. The molecule has 6 rings (SSSR count). The number of carbonyl (C=O) groups is 1. The van der Waals surface area contributed by atoms with Crippen LogP contribution in [0.25, 0.3) is 28.2 Å². The summed E-state index contributed by atoms with van der Waals surface area (Å²) < 4.78 is 16.6. The number of fused-ring (bicyclic) bond motifs is 3. The highest BCUT2D eigenvalue weighted by molar-refractivity contribution is 6.25. The smallest absolute Gasteiger partial charge is 0.422 e. The molecule has 0 N–H and O–H groups in total. The van der Waals surface area contributed by atoms with Crippen LogP contribution in [0.2, 0.25) is 0 Å². The van der Waals surface area contributed by atoms with Gasteiger partial charge in [0.05, 0.1) is 21.5 Å². The Bertz CT molecular complexity index is 1610. The third kappa shape index (κ3) is 2.97. The fourth-order valence-electron chi connectivity index (χ4n) is 4.35. The van der Waals surface area contributed by atoms with Crippen LogP contribution < -0.4 is 11.3 Å². The van der Waals surface area contributed by atoms with Crippen LogP contribution in [0.5, 0.6) is 0 Å². The lowest BCUT2D eigenvalue weighted by Crippen LogP contribution is -2.13. The second-order valence-corrected chi connectivity index (χ2v) is 7.73. The zero-order chi connectivity index (χ0) is 23.2. The number of ketones is 1. The Balaban J connectivity index is 1.79. The molecular weight excluding hydrogens is 432 g/mol. The van der Waals surface area contributed by atoms with Gasteiger partial charge in [-0.25, -0.2) is 9.59 Å². The van der Waals surface area contributed by atoms with Crippen LogP contribution in [0.3, 0.4) is 0 Å². The Morgan fingerprint density at radius 3 is 1.88 bits per heavy atom. The van der Waals surface area contributed by atoms with Gasteiger partial charge in [0, 0.05) is 22.8 Å². The van der Waals surface area contributed by atoms with Crippen molar-refractivity contribution < 1.29 is 18.1 Å². The van der Waals surface area contributed by atoms with Crippen molar-refractivity contribution in [2.45, 2.75) is 0 Å². The molecule has 0 aromatic rings. The van der Waals surface area contributed by atoms with E-state index < -0.39 is 17.2 Å². The molecule has 0 amide bonds. The number of carbonyl (C=O) groups excluding carboxylic acids is 2.